The number of hydrogen-bond donors (Lipinski definition) is 1. The van der Waals surface area contributed by atoms with E-state index in [1.807, 2.05) is 17.8 Å². The number of rotatable bonds is 7. The molecule has 2 heterocycles. The molecule has 0 bridgehead atoms. The normalized spacial score (nSPS) is 16.1. The van der Waals surface area contributed by atoms with Crippen molar-refractivity contribution in [1.82, 2.24) is 4.98 Å². The van der Waals surface area contributed by atoms with Crippen molar-refractivity contribution in [1.29, 1.82) is 5.26 Å². The quantitative estimate of drug-likeness (QED) is 0.635. The SMILES string of the molecule is CCCCc1nc(N[C@H](C)Cc2ccccc2)c(C#N)c2c1CSC(C)(C)C2. The van der Waals surface area contributed by atoms with Gasteiger partial charge in [0.2, 0.25) is 0 Å². The summed E-state index contributed by atoms with van der Waals surface area (Å²) in [6.07, 6.45) is 5.13. The molecule has 1 aromatic carbocycles. The molecule has 0 saturated carbocycles. The second-order valence-electron chi connectivity index (χ2n) is 8.41. The van der Waals surface area contributed by atoms with E-state index in [0.29, 0.717) is 0 Å². The number of thioether (sulfide) groups is 1. The van der Waals surface area contributed by atoms with E-state index in [1.165, 1.54) is 22.4 Å². The summed E-state index contributed by atoms with van der Waals surface area (Å²) >= 11 is 1.98. The lowest BCUT2D eigenvalue weighted by Gasteiger charge is -2.33. The third-order valence-corrected chi connectivity index (χ3v) is 6.71. The number of anilines is 1. The Morgan fingerprint density at radius 1 is 1.25 bits per heavy atom. The van der Waals surface area contributed by atoms with E-state index >= 15 is 0 Å². The van der Waals surface area contributed by atoms with Crippen LogP contribution in [0, 0.1) is 11.3 Å². The van der Waals surface area contributed by atoms with Crippen LogP contribution in [-0.4, -0.2) is 15.8 Å². The molecule has 0 saturated heterocycles. The first-order valence-corrected chi connectivity index (χ1v) is 11.3. The van der Waals surface area contributed by atoms with Crippen LogP contribution in [-0.2, 0) is 25.0 Å². The van der Waals surface area contributed by atoms with Gasteiger partial charge in [0.05, 0.1) is 5.56 Å². The lowest BCUT2D eigenvalue weighted by Crippen LogP contribution is -2.28. The van der Waals surface area contributed by atoms with Gasteiger partial charge in [0.15, 0.2) is 0 Å². The molecule has 0 amide bonds. The molecule has 3 nitrogen and oxygen atoms in total. The topological polar surface area (TPSA) is 48.7 Å². The van der Waals surface area contributed by atoms with Crippen molar-refractivity contribution in [3.8, 4) is 6.07 Å². The molecule has 1 aliphatic heterocycles. The maximum Gasteiger partial charge on any atom is 0.144 e. The van der Waals surface area contributed by atoms with E-state index in [2.05, 4.69) is 63.3 Å². The summed E-state index contributed by atoms with van der Waals surface area (Å²) in [7, 11) is 0. The zero-order valence-corrected chi connectivity index (χ0v) is 18.3. The molecule has 28 heavy (non-hydrogen) atoms. The fourth-order valence-electron chi connectivity index (χ4n) is 3.86. The lowest BCUT2D eigenvalue weighted by atomic mass is 9.91. The summed E-state index contributed by atoms with van der Waals surface area (Å²) in [6, 6.07) is 13.2. The predicted molar refractivity (Wildman–Crippen MR) is 120 cm³/mol. The molecule has 1 atom stereocenters. The first kappa shape index (κ1) is 20.7. The summed E-state index contributed by atoms with van der Waals surface area (Å²) in [6.45, 7) is 8.94. The molecule has 3 rings (SSSR count). The smallest absolute Gasteiger partial charge is 0.144 e. The molecule has 0 aliphatic carbocycles. The maximum absolute atomic E-state index is 9.98. The van der Waals surface area contributed by atoms with Crippen molar-refractivity contribution in [2.75, 3.05) is 5.32 Å². The van der Waals surface area contributed by atoms with Crippen LogP contribution in [0.4, 0.5) is 5.82 Å². The third kappa shape index (κ3) is 4.89. The lowest BCUT2D eigenvalue weighted by molar-refractivity contribution is 0.681. The average molecular weight is 394 g/mol. The summed E-state index contributed by atoms with van der Waals surface area (Å²) in [5.74, 6) is 1.74. The summed E-state index contributed by atoms with van der Waals surface area (Å²) in [4.78, 5) is 4.98. The molecule has 1 aliphatic rings. The molecule has 2 aromatic rings. The molecule has 0 unspecified atom stereocenters. The van der Waals surface area contributed by atoms with Gasteiger partial charge in [-0.15, -0.1) is 0 Å². The number of benzene rings is 1. The summed E-state index contributed by atoms with van der Waals surface area (Å²) in [5.41, 5.74) is 5.77. The third-order valence-electron chi connectivity index (χ3n) is 5.35. The van der Waals surface area contributed by atoms with Gasteiger partial charge in [0.25, 0.3) is 0 Å². The van der Waals surface area contributed by atoms with E-state index in [4.69, 9.17) is 4.98 Å². The number of aromatic nitrogens is 1. The molecular weight excluding hydrogens is 362 g/mol. The Hall–Kier alpha value is -1.99. The molecule has 148 valence electrons. The summed E-state index contributed by atoms with van der Waals surface area (Å²) < 4.78 is 0.162. The van der Waals surface area contributed by atoms with Crippen molar-refractivity contribution in [2.45, 2.75) is 76.3 Å². The van der Waals surface area contributed by atoms with Gasteiger partial charge in [0, 0.05) is 22.2 Å². The Bertz CT molecular complexity index is 852. The van der Waals surface area contributed by atoms with Gasteiger partial charge in [-0.05, 0) is 49.3 Å². The largest absolute Gasteiger partial charge is 0.366 e. The van der Waals surface area contributed by atoms with Crippen molar-refractivity contribution >= 4 is 17.6 Å². The molecular formula is C24H31N3S. The zero-order valence-electron chi connectivity index (χ0n) is 17.5. The highest BCUT2D eigenvalue weighted by molar-refractivity contribution is 7.99. The minimum Gasteiger partial charge on any atom is -0.366 e. The first-order valence-electron chi connectivity index (χ1n) is 10.3. The van der Waals surface area contributed by atoms with Gasteiger partial charge >= 0.3 is 0 Å². The van der Waals surface area contributed by atoms with Crippen molar-refractivity contribution in [3.63, 3.8) is 0 Å². The number of fused-ring (bicyclic) bond motifs is 1. The van der Waals surface area contributed by atoms with Crippen LogP contribution in [0.2, 0.25) is 0 Å². The van der Waals surface area contributed by atoms with Crippen LogP contribution in [0.5, 0.6) is 0 Å². The number of nitriles is 1. The number of nitrogens with one attached hydrogen (secondary N) is 1. The van der Waals surface area contributed by atoms with Crippen molar-refractivity contribution in [2.24, 2.45) is 0 Å². The van der Waals surface area contributed by atoms with Gasteiger partial charge in [-0.2, -0.15) is 17.0 Å². The Morgan fingerprint density at radius 2 is 2.00 bits per heavy atom. The zero-order chi connectivity index (χ0) is 20.1. The first-order chi connectivity index (χ1) is 13.4. The number of pyridine rings is 1. The average Bonchev–Trinajstić information content (AvgIpc) is 2.66. The number of unbranched alkanes of at least 4 members (excludes halogenated alkanes) is 1. The van der Waals surface area contributed by atoms with Gasteiger partial charge in [0.1, 0.15) is 11.9 Å². The summed E-state index contributed by atoms with van der Waals surface area (Å²) in [5, 5.41) is 13.5. The maximum atomic E-state index is 9.98. The van der Waals surface area contributed by atoms with E-state index in [1.54, 1.807) is 0 Å². The van der Waals surface area contributed by atoms with E-state index in [0.717, 1.165) is 49.2 Å². The molecule has 0 radical (unpaired) electrons. The number of nitrogens with zero attached hydrogens (tertiary/aromatic N) is 2. The minimum atomic E-state index is 0.162. The highest BCUT2D eigenvalue weighted by atomic mass is 32.2. The van der Waals surface area contributed by atoms with Crippen LogP contribution in [0.15, 0.2) is 30.3 Å². The molecule has 0 spiro atoms. The minimum absolute atomic E-state index is 0.162. The highest BCUT2D eigenvalue weighted by Crippen LogP contribution is 2.42. The Balaban J connectivity index is 1.94. The van der Waals surface area contributed by atoms with Gasteiger partial charge in [-0.1, -0.05) is 57.5 Å². The van der Waals surface area contributed by atoms with Crippen molar-refractivity contribution in [3.05, 3.63) is 58.3 Å². The predicted octanol–water partition coefficient (Wildman–Crippen LogP) is 5.91. The Labute approximate surface area is 174 Å². The molecule has 0 fully saturated rings. The molecule has 1 N–H and O–H groups in total. The van der Waals surface area contributed by atoms with Crippen LogP contribution in [0.1, 0.15) is 68.5 Å². The van der Waals surface area contributed by atoms with E-state index < -0.39 is 0 Å². The molecule has 4 heteroatoms. The fourth-order valence-corrected chi connectivity index (χ4v) is 4.99. The monoisotopic (exact) mass is 393 g/mol. The van der Waals surface area contributed by atoms with Crippen molar-refractivity contribution < 1.29 is 0 Å². The Morgan fingerprint density at radius 3 is 2.68 bits per heavy atom. The highest BCUT2D eigenvalue weighted by Gasteiger charge is 2.31. The fraction of sp³-hybridized carbons (Fsp3) is 0.500. The van der Waals surface area contributed by atoms with Crippen LogP contribution < -0.4 is 5.32 Å². The second kappa shape index (κ2) is 9.01. The second-order valence-corrected chi connectivity index (χ2v) is 10.1. The van der Waals surface area contributed by atoms with Gasteiger partial charge in [-0.25, -0.2) is 4.98 Å². The van der Waals surface area contributed by atoms with E-state index in [9.17, 15) is 5.26 Å². The van der Waals surface area contributed by atoms with Gasteiger partial charge in [-0.3, -0.25) is 0 Å². The Kier molecular flexibility index (Phi) is 6.67. The van der Waals surface area contributed by atoms with Crippen LogP contribution >= 0.6 is 11.8 Å². The van der Waals surface area contributed by atoms with E-state index in [-0.39, 0.29) is 10.8 Å². The standard InChI is InChI=1S/C24H31N3S/c1-5-6-12-22-21-16-28-24(3,4)14-19(21)20(15-25)23(27-22)26-17(2)13-18-10-8-7-9-11-18/h7-11,17H,5-6,12-14,16H2,1-4H3,(H,26,27)/t17-/m1/s1. The van der Waals surface area contributed by atoms with Crippen LogP contribution in [0.3, 0.4) is 0 Å². The van der Waals surface area contributed by atoms with Crippen LogP contribution in [0.25, 0.3) is 0 Å². The number of hydrogen-bond acceptors (Lipinski definition) is 4. The van der Waals surface area contributed by atoms with Gasteiger partial charge < -0.3 is 5.32 Å². The number of aryl methyl sites for hydroxylation is 1. The molecule has 1 aromatic heterocycles.